The van der Waals surface area contributed by atoms with E-state index in [4.69, 9.17) is 0 Å². The van der Waals surface area contributed by atoms with E-state index in [1.807, 2.05) is 0 Å². The molecule has 0 spiro atoms. The number of carbonyl (C=O) groups excluding carboxylic acids is 1. The third-order valence-electron chi connectivity index (χ3n) is 4.05. The summed E-state index contributed by atoms with van der Waals surface area (Å²) >= 11 is 1.44. The van der Waals surface area contributed by atoms with Gasteiger partial charge in [-0.1, -0.05) is 19.3 Å². The van der Waals surface area contributed by atoms with Crippen LogP contribution >= 0.6 is 11.8 Å². The number of halogens is 2. The van der Waals surface area contributed by atoms with Gasteiger partial charge in [0.25, 0.3) is 5.92 Å². The fourth-order valence-corrected chi connectivity index (χ4v) is 4.02. The molecule has 1 aliphatic carbocycles. The molecule has 0 N–H and O–H groups in total. The summed E-state index contributed by atoms with van der Waals surface area (Å²) in [4.78, 5) is 11.9. The van der Waals surface area contributed by atoms with Gasteiger partial charge in [0.05, 0.1) is 7.11 Å². The standard InChI is InChI=1S/C12H18F2O2S/c1-16-10(15)11(7-9-3-2-4-9)8-17-6-5-12(11,13)14/h9H,2-8H2,1H3. The molecule has 2 aliphatic rings. The van der Waals surface area contributed by atoms with Crippen molar-refractivity contribution in [3.05, 3.63) is 0 Å². The quantitative estimate of drug-likeness (QED) is 0.733. The Hall–Kier alpha value is -0.320. The molecule has 1 unspecified atom stereocenters. The van der Waals surface area contributed by atoms with Crippen LogP contribution in [-0.2, 0) is 9.53 Å². The van der Waals surface area contributed by atoms with Gasteiger partial charge in [-0.2, -0.15) is 11.8 Å². The van der Waals surface area contributed by atoms with Crippen molar-refractivity contribution in [2.45, 2.75) is 38.0 Å². The predicted octanol–water partition coefficient (Wildman–Crippen LogP) is 3.11. The van der Waals surface area contributed by atoms with E-state index >= 15 is 0 Å². The largest absolute Gasteiger partial charge is 0.468 e. The van der Waals surface area contributed by atoms with E-state index in [1.54, 1.807) is 0 Å². The Bertz CT molecular complexity index is 305. The first-order valence-corrected chi connectivity index (χ1v) is 7.21. The molecule has 0 aromatic heterocycles. The average Bonchev–Trinajstić information content (AvgIpc) is 2.24. The lowest BCUT2D eigenvalue weighted by molar-refractivity contribution is -0.185. The smallest absolute Gasteiger partial charge is 0.318 e. The van der Waals surface area contributed by atoms with E-state index in [1.165, 1.54) is 18.9 Å². The summed E-state index contributed by atoms with van der Waals surface area (Å²) in [5.74, 6) is -2.74. The number of thioether (sulfide) groups is 1. The molecular weight excluding hydrogens is 246 g/mol. The molecule has 1 saturated carbocycles. The van der Waals surface area contributed by atoms with Crippen LogP contribution in [-0.4, -0.2) is 30.5 Å². The Labute approximate surface area is 104 Å². The van der Waals surface area contributed by atoms with Crippen molar-refractivity contribution in [1.82, 2.24) is 0 Å². The van der Waals surface area contributed by atoms with Crippen molar-refractivity contribution in [3.63, 3.8) is 0 Å². The third-order valence-corrected chi connectivity index (χ3v) is 5.24. The molecule has 2 rings (SSSR count). The second-order valence-corrected chi connectivity index (χ2v) is 6.19. The lowest BCUT2D eigenvalue weighted by Crippen LogP contribution is -2.54. The zero-order valence-corrected chi connectivity index (χ0v) is 10.8. The summed E-state index contributed by atoms with van der Waals surface area (Å²) < 4.78 is 33.0. The highest BCUT2D eigenvalue weighted by molar-refractivity contribution is 7.99. The Kier molecular flexibility index (Phi) is 3.66. The monoisotopic (exact) mass is 264 g/mol. The van der Waals surface area contributed by atoms with E-state index < -0.39 is 17.3 Å². The number of methoxy groups -OCH3 is 1. The van der Waals surface area contributed by atoms with Crippen LogP contribution in [0.4, 0.5) is 8.78 Å². The topological polar surface area (TPSA) is 26.3 Å². The third kappa shape index (κ3) is 2.18. The molecule has 17 heavy (non-hydrogen) atoms. The molecule has 98 valence electrons. The SMILES string of the molecule is COC(=O)C1(CC2CCC2)CSCCC1(F)F. The van der Waals surface area contributed by atoms with Crippen LogP contribution in [0.2, 0.25) is 0 Å². The molecule has 0 bridgehead atoms. The van der Waals surface area contributed by atoms with E-state index in [0.717, 1.165) is 19.3 Å². The normalized spacial score (nSPS) is 32.9. The van der Waals surface area contributed by atoms with Crippen LogP contribution in [0.5, 0.6) is 0 Å². The predicted molar refractivity (Wildman–Crippen MR) is 63.3 cm³/mol. The number of rotatable bonds is 3. The Morgan fingerprint density at radius 3 is 2.65 bits per heavy atom. The van der Waals surface area contributed by atoms with Gasteiger partial charge in [0.2, 0.25) is 0 Å². The van der Waals surface area contributed by atoms with Crippen molar-refractivity contribution >= 4 is 17.7 Å². The minimum Gasteiger partial charge on any atom is -0.468 e. The maximum absolute atomic E-state index is 14.2. The van der Waals surface area contributed by atoms with Gasteiger partial charge in [-0.15, -0.1) is 0 Å². The molecule has 0 amide bonds. The molecule has 2 fully saturated rings. The summed E-state index contributed by atoms with van der Waals surface area (Å²) in [6.07, 6.45) is 3.12. The number of esters is 1. The number of ether oxygens (including phenoxy) is 1. The van der Waals surface area contributed by atoms with Gasteiger partial charge in [0.1, 0.15) is 5.41 Å². The second kappa shape index (κ2) is 4.75. The molecule has 0 radical (unpaired) electrons. The van der Waals surface area contributed by atoms with Crippen LogP contribution in [0.15, 0.2) is 0 Å². The first-order valence-electron chi connectivity index (χ1n) is 6.06. The highest BCUT2D eigenvalue weighted by Crippen LogP contribution is 2.53. The van der Waals surface area contributed by atoms with E-state index in [-0.39, 0.29) is 18.1 Å². The first-order chi connectivity index (χ1) is 8.02. The van der Waals surface area contributed by atoms with Crippen LogP contribution in [0.25, 0.3) is 0 Å². The summed E-state index contributed by atoms with van der Waals surface area (Å²) in [5.41, 5.74) is -1.57. The van der Waals surface area contributed by atoms with Gasteiger partial charge >= 0.3 is 5.97 Å². The van der Waals surface area contributed by atoms with E-state index in [0.29, 0.717) is 12.2 Å². The van der Waals surface area contributed by atoms with E-state index in [9.17, 15) is 13.6 Å². The summed E-state index contributed by atoms with van der Waals surface area (Å²) in [6, 6.07) is 0. The molecule has 2 nitrogen and oxygen atoms in total. The number of alkyl halides is 2. The van der Waals surface area contributed by atoms with Crippen molar-refractivity contribution in [2.75, 3.05) is 18.6 Å². The zero-order chi connectivity index (χ0) is 12.5. The fourth-order valence-electron chi connectivity index (χ4n) is 2.68. The lowest BCUT2D eigenvalue weighted by Gasteiger charge is -2.44. The van der Waals surface area contributed by atoms with Gasteiger partial charge < -0.3 is 4.74 Å². The number of carbonyl (C=O) groups is 1. The number of hydrogen-bond acceptors (Lipinski definition) is 3. The molecule has 0 aromatic carbocycles. The number of hydrogen-bond donors (Lipinski definition) is 0. The maximum atomic E-state index is 14.2. The minimum absolute atomic E-state index is 0.198. The second-order valence-electron chi connectivity index (χ2n) is 5.08. The van der Waals surface area contributed by atoms with Gasteiger partial charge in [-0.05, 0) is 18.1 Å². The molecule has 1 atom stereocenters. The zero-order valence-electron chi connectivity index (χ0n) is 10.0. The fraction of sp³-hybridized carbons (Fsp3) is 0.917. The summed E-state index contributed by atoms with van der Waals surface area (Å²) in [5, 5.41) is 0. The minimum atomic E-state index is -2.92. The maximum Gasteiger partial charge on any atom is 0.318 e. The lowest BCUT2D eigenvalue weighted by atomic mass is 9.68. The van der Waals surface area contributed by atoms with Crippen LogP contribution in [0, 0.1) is 11.3 Å². The van der Waals surface area contributed by atoms with Crippen LogP contribution < -0.4 is 0 Å². The average molecular weight is 264 g/mol. The van der Waals surface area contributed by atoms with E-state index in [2.05, 4.69) is 4.74 Å². The molecule has 0 aromatic rings. The van der Waals surface area contributed by atoms with Gasteiger partial charge in [-0.3, -0.25) is 4.79 Å². The molecule has 5 heteroatoms. The van der Waals surface area contributed by atoms with Gasteiger partial charge in [-0.25, -0.2) is 8.78 Å². The van der Waals surface area contributed by atoms with Crippen LogP contribution in [0.3, 0.4) is 0 Å². The molecular formula is C12H18F2O2S. The van der Waals surface area contributed by atoms with Crippen molar-refractivity contribution < 1.29 is 18.3 Å². The van der Waals surface area contributed by atoms with Crippen molar-refractivity contribution in [1.29, 1.82) is 0 Å². The highest BCUT2D eigenvalue weighted by atomic mass is 32.2. The molecule has 1 heterocycles. The van der Waals surface area contributed by atoms with Crippen molar-refractivity contribution in [3.8, 4) is 0 Å². The molecule has 1 saturated heterocycles. The Balaban J connectivity index is 2.23. The molecule has 1 aliphatic heterocycles. The summed E-state index contributed by atoms with van der Waals surface area (Å²) in [7, 11) is 1.21. The van der Waals surface area contributed by atoms with Crippen molar-refractivity contribution in [2.24, 2.45) is 11.3 Å². The van der Waals surface area contributed by atoms with Gasteiger partial charge in [0.15, 0.2) is 0 Å². The van der Waals surface area contributed by atoms with Crippen LogP contribution in [0.1, 0.15) is 32.1 Å². The Morgan fingerprint density at radius 1 is 1.47 bits per heavy atom. The summed E-state index contributed by atoms with van der Waals surface area (Å²) in [6.45, 7) is 0. The van der Waals surface area contributed by atoms with Gasteiger partial charge in [0, 0.05) is 12.2 Å². The first kappa shape index (κ1) is 13.1. The Morgan fingerprint density at radius 2 is 2.18 bits per heavy atom. The highest BCUT2D eigenvalue weighted by Gasteiger charge is 2.61.